The van der Waals surface area contributed by atoms with Gasteiger partial charge in [0.15, 0.2) is 11.2 Å². The van der Waals surface area contributed by atoms with Gasteiger partial charge in [0.25, 0.3) is 0 Å². The molecule has 0 aliphatic heterocycles. The number of aryl methyl sites for hydroxylation is 2. The Kier molecular flexibility index (Phi) is 9.50. The molecule has 0 bridgehead atoms. The van der Waals surface area contributed by atoms with Gasteiger partial charge in [-0.3, -0.25) is 0 Å². The molecule has 0 N–H and O–H groups in total. The van der Waals surface area contributed by atoms with Crippen molar-refractivity contribution < 1.29 is 8.83 Å². The van der Waals surface area contributed by atoms with Crippen molar-refractivity contribution >= 4 is 56.3 Å². The lowest BCUT2D eigenvalue weighted by atomic mass is 9.81. The summed E-state index contributed by atoms with van der Waals surface area (Å²) < 4.78 is 12.2. The molecular formula is C61H46N4O2. The second kappa shape index (κ2) is 15.9. The van der Waals surface area contributed by atoms with E-state index in [4.69, 9.17) is 18.8 Å². The van der Waals surface area contributed by atoms with Crippen molar-refractivity contribution in [1.82, 2.24) is 9.97 Å². The SMILES string of the molecule is Cc1ccc(N(c2ccc(-c3ccc4c(c3)C(C)(C)c3cc(N(c5ccc(C)cc5)c5ccc(-c6nc7ccccc7o6)cc5)ccc3-4)cc2)c2ccc(-c3nc4ccccc4o3)cc2)cc1. The lowest BCUT2D eigenvalue weighted by Crippen LogP contribution is -2.16. The van der Waals surface area contributed by atoms with E-state index in [2.05, 4.69) is 195 Å². The summed E-state index contributed by atoms with van der Waals surface area (Å²) in [7, 11) is 0. The normalized spacial score (nSPS) is 12.6. The summed E-state index contributed by atoms with van der Waals surface area (Å²) in [6.07, 6.45) is 0. The van der Waals surface area contributed by atoms with E-state index in [1.54, 1.807) is 0 Å². The van der Waals surface area contributed by atoms with Crippen molar-refractivity contribution in [2.24, 2.45) is 0 Å². The quantitative estimate of drug-likeness (QED) is 0.144. The molecule has 11 aromatic rings. The Morgan fingerprint density at radius 2 is 0.716 bits per heavy atom. The van der Waals surface area contributed by atoms with Crippen LogP contribution in [-0.2, 0) is 5.41 Å². The number of hydrogen-bond donors (Lipinski definition) is 0. The van der Waals surface area contributed by atoms with Gasteiger partial charge in [0.2, 0.25) is 11.8 Å². The van der Waals surface area contributed by atoms with Crippen LogP contribution in [0.25, 0.3) is 67.4 Å². The summed E-state index contributed by atoms with van der Waals surface area (Å²) in [6.45, 7) is 8.96. The molecule has 0 saturated heterocycles. The molecule has 6 nitrogen and oxygen atoms in total. The van der Waals surface area contributed by atoms with Crippen LogP contribution in [0.2, 0.25) is 0 Å². The second-order valence-electron chi connectivity index (χ2n) is 18.1. The van der Waals surface area contributed by atoms with Crippen molar-refractivity contribution in [3.63, 3.8) is 0 Å². The predicted octanol–water partition coefficient (Wildman–Crippen LogP) is 16.8. The minimum Gasteiger partial charge on any atom is -0.436 e. The van der Waals surface area contributed by atoms with Crippen LogP contribution in [-0.4, -0.2) is 9.97 Å². The summed E-state index contributed by atoms with van der Waals surface area (Å²) >= 11 is 0. The molecule has 0 atom stereocenters. The largest absolute Gasteiger partial charge is 0.436 e. The number of benzene rings is 9. The molecule has 0 saturated carbocycles. The Balaban J connectivity index is 0.849. The number of aromatic nitrogens is 2. The van der Waals surface area contributed by atoms with Gasteiger partial charge in [-0.25, -0.2) is 9.97 Å². The van der Waals surface area contributed by atoms with E-state index in [0.717, 1.165) is 67.5 Å². The maximum absolute atomic E-state index is 6.12. The van der Waals surface area contributed by atoms with Gasteiger partial charge in [-0.05, 0) is 175 Å². The number of hydrogen-bond acceptors (Lipinski definition) is 6. The molecule has 67 heavy (non-hydrogen) atoms. The Labute approximate surface area is 390 Å². The van der Waals surface area contributed by atoms with Gasteiger partial charge >= 0.3 is 0 Å². The third-order valence-corrected chi connectivity index (χ3v) is 13.3. The van der Waals surface area contributed by atoms with Gasteiger partial charge in [0.05, 0.1) is 0 Å². The standard InChI is InChI=1S/C61H46N4O2/c1-39-13-24-45(25-14-39)64(48-30-19-42(20-31-48)59-62-55-9-5-7-11-57(55)66-59)47-28-17-41(18-29-47)44-23-35-51-52-36-34-50(38-54(52)61(3,4)53(51)37-44)65(46-26-15-40(2)16-27-46)49-32-21-43(22-33-49)60-63-56-10-6-8-12-58(56)67-60/h5-38H,1-4H3. The zero-order valence-electron chi connectivity index (χ0n) is 37.7. The van der Waals surface area contributed by atoms with E-state index in [9.17, 15) is 0 Å². The molecule has 6 heteroatoms. The van der Waals surface area contributed by atoms with E-state index in [0.29, 0.717) is 11.8 Å². The van der Waals surface area contributed by atoms with E-state index in [1.807, 2.05) is 48.5 Å². The average Bonchev–Trinajstić information content (AvgIpc) is 4.06. The molecule has 12 rings (SSSR count). The summed E-state index contributed by atoms with van der Waals surface area (Å²) in [5, 5.41) is 0. The fourth-order valence-corrected chi connectivity index (χ4v) is 9.63. The first-order chi connectivity index (χ1) is 32.7. The lowest BCUT2D eigenvalue weighted by Gasteiger charge is -2.28. The highest BCUT2D eigenvalue weighted by molar-refractivity contribution is 5.88. The van der Waals surface area contributed by atoms with Crippen molar-refractivity contribution in [3.05, 3.63) is 229 Å². The minimum absolute atomic E-state index is 0.237. The predicted molar refractivity (Wildman–Crippen MR) is 274 cm³/mol. The highest BCUT2D eigenvalue weighted by Gasteiger charge is 2.36. The topological polar surface area (TPSA) is 58.5 Å². The average molecular weight is 867 g/mol. The maximum atomic E-state index is 6.12. The molecule has 1 aliphatic carbocycles. The van der Waals surface area contributed by atoms with Crippen LogP contribution in [0, 0.1) is 13.8 Å². The van der Waals surface area contributed by atoms with Crippen molar-refractivity contribution in [1.29, 1.82) is 0 Å². The third kappa shape index (κ3) is 7.15. The number of fused-ring (bicyclic) bond motifs is 5. The monoisotopic (exact) mass is 866 g/mol. The molecule has 0 radical (unpaired) electrons. The number of para-hydroxylation sites is 4. The Hall–Kier alpha value is -8.48. The summed E-state index contributed by atoms with van der Waals surface area (Å²) in [4.78, 5) is 14.1. The van der Waals surface area contributed by atoms with Gasteiger partial charge in [0, 0.05) is 50.7 Å². The molecular weight excluding hydrogens is 821 g/mol. The zero-order chi connectivity index (χ0) is 45.2. The molecule has 1 aliphatic rings. The number of nitrogens with zero attached hydrogens (tertiary/aromatic N) is 4. The molecule has 2 aromatic heterocycles. The molecule has 9 aromatic carbocycles. The lowest BCUT2D eigenvalue weighted by molar-refractivity contribution is 0.619. The van der Waals surface area contributed by atoms with Crippen molar-refractivity contribution in [2.45, 2.75) is 33.1 Å². The number of oxazole rings is 2. The highest BCUT2D eigenvalue weighted by Crippen LogP contribution is 2.52. The van der Waals surface area contributed by atoms with Gasteiger partial charge in [0.1, 0.15) is 11.0 Å². The second-order valence-corrected chi connectivity index (χ2v) is 18.1. The molecule has 322 valence electrons. The smallest absolute Gasteiger partial charge is 0.227 e. The molecule has 0 amide bonds. The fraction of sp³-hybridized carbons (Fsp3) is 0.0820. The first-order valence-electron chi connectivity index (χ1n) is 22.8. The van der Waals surface area contributed by atoms with Crippen LogP contribution in [0.15, 0.2) is 215 Å². The van der Waals surface area contributed by atoms with E-state index < -0.39 is 0 Å². The number of anilines is 6. The first-order valence-corrected chi connectivity index (χ1v) is 22.8. The molecule has 0 unspecified atom stereocenters. The zero-order valence-corrected chi connectivity index (χ0v) is 37.7. The van der Waals surface area contributed by atoms with Crippen LogP contribution in [0.3, 0.4) is 0 Å². The highest BCUT2D eigenvalue weighted by atomic mass is 16.4. The molecule has 0 spiro atoms. The molecule has 0 fully saturated rings. The maximum Gasteiger partial charge on any atom is 0.227 e. The van der Waals surface area contributed by atoms with Crippen molar-refractivity contribution in [3.8, 4) is 45.2 Å². The van der Waals surface area contributed by atoms with Crippen LogP contribution in [0.5, 0.6) is 0 Å². The van der Waals surface area contributed by atoms with E-state index in [-0.39, 0.29) is 5.41 Å². The van der Waals surface area contributed by atoms with Gasteiger partial charge in [-0.1, -0.05) is 104 Å². The Bertz CT molecular complexity index is 3540. The van der Waals surface area contributed by atoms with Crippen LogP contribution in [0.1, 0.15) is 36.1 Å². The van der Waals surface area contributed by atoms with Crippen LogP contribution < -0.4 is 9.80 Å². The van der Waals surface area contributed by atoms with E-state index in [1.165, 1.54) is 44.5 Å². The van der Waals surface area contributed by atoms with Gasteiger partial charge in [-0.2, -0.15) is 0 Å². The first kappa shape index (κ1) is 40.1. The van der Waals surface area contributed by atoms with Crippen molar-refractivity contribution in [2.75, 3.05) is 9.80 Å². The minimum atomic E-state index is -0.237. The summed E-state index contributed by atoms with van der Waals surface area (Å²) in [5.74, 6) is 1.23. The van der Waals surface area contributed by atoms with Crippen LogP contribution >= 0.6 is 0 Å². The Morgan fingerprint density at radius 3 is 1.18 bits per heavy atom. The number of rotatable bonds is 9. The Morgan fingerprint density at radius 1 is 0.358 bits per heavy atom. The summed E-state index contributed by atoms with van der Waals surface area (Å²) in [5.41, 5.74) is 21.4. The molecule has 2 heterocycles. The summed E-state index contributed by atoms with van der Waals surface area (Å²) in [6, 6.07) is 73.0. The van der Waals surface area contributed by atoms with Gasteiger partial charge in [-0.15, -0.1) is 0 Å². The van der Waals surface area contributed by atoms with Crippen LogP contribution in [0.4, 0.5) is 34.1 Å². The van der Waals surface area contributed by atoms with Gasteiger partial charge < -0.3 is 18.6 Å². The third-order valence-electron chi connectivity index (χ3n) is 13.3. The fourth-order valence-electron chi connectivity index (χ4n) is 9.63. The van der Waals surface area contributed by atoms with E-state index >= 15 is 0 Å².